The molecular formula is C16H22N2O2. The Hall–Kier alpha value is -1.84. The highest BCUT2D eigenvalue weighted by molar-refractivity contribution is 5.96. The summed E-state index contributed by atoms with van der Waals surface area (Å²) < 4.78 is 0. The lowest BCUT2D eigenvalue weighted by molar-refractivity contribution is -0.141. The summed E-state index contributed by atoms with van der Waals surface area (Å²) in [6.07, 6.45) is 0.231. The Morgan fingerprint density at radius 1 is 1.20 bits per heavy atom. The molecule has 0 saturated carbocycles. The van der Waals surface area contributed by atoms with Crippen molar-refractivity contribution < 1.29 is 9.59 Å². The molecule has 0 bridgehead atoms. The molecule has 2 amide bonds. The van der Waals surface area contributed by atoms with Gasteiger partial charge in [0.25, 0.3) is 0 Å². The zero-order valence-corrected chi connectivity index (χ0v) is 12.5. The number of hydrogen-bond acceptors (Lipinski definition) is 2. The monoisotopic (exact) mass is 274 g/mol. The van der Waals surface area contributed by atoms with Gasteiger partial charge in [0.05, 0.1) is 5.92 Å². The number of rotatable bonds is 2. The molecule has 4 nitrogen and oxygen atoms in total. The van der Waals surface area contributed by atoms with Crippen LogP contribution in [0.2, 0.25) is 0 Å². The second kappa shape index (κ2) is 4.93. The van der Waals surface area contributed by atoms with Gasteiger partial charge in [-0.3, -0.25) is 9.59 Å². The standard InChI is InChI=1S/C16H22N2O2/c1-15(2)12(10-13(19)18-16(15,3)4)14(20)17-11-8-6-5-7-9-11/h5-9,12H,10H2,1-4H3,(H,17,20)(H,18,19). The normalized spacial score (nSPS) is 23.8. The van der Waals surface area contributed by atoms with Gasteiger partial charge in [0.1, 0.15) is 0 Å². The summed E-state index contributed by atoms with van der Waals surface area (Å²) in [6, 6.07) is 9.34. The zero-order valence-electron chi connectivity index (χ0n) is 12.5. The first-order valence-electron chi connectivity index (χ1n) is 6.91. The van der Waals surface area contributed by atoms with Crippen molar-refractivity contribution in [2.45, 2.75) is 39.7 Å². The Balaban J connectivity index is 2.22. The molecule has 0 spiro atoms. The van der Waals surface area contributed by atoms with Crippen molar-refractivity contribution >= 4 is 17.5 Å². The van der Waals surface area contributed by atoms with Crippen LogP contribution in [0.3, 0.4) is 0 Å². The summed E-state index contributed by atoms with van der Waals surface area (Å²) in [5.41, 5.74) is 0.0259. The van der Waals surface area contributed by atoms with E-state index in [4.69, 9.17) is 0 Å². The summed E-state index contributed by atoms with van der Waals surface area (Å²) in [5, 5.41) is 5.88. The quantitative estimate of drug-likeness (QED) is 0.870. The van der Waals surface area contributed by atoms with Gasteiger partial charge in [-0.05, 0) is 31.4 Å². The third-order valence-electron chi connectivity index (χ3n) is 4.68. The van der Waals surface area contributed by atoms with Crippen LogP contribution in [-0.2, 0) is 9.59 Å². The SMILES string of the molecule is CC1(C)NC(=O)CC(C(=O)Nc2ccccc2)C1(C)C. The van der Waals surface area contributed by atoms with Crippen LogP contribution in [0.1, 0.15) is 34.1 Å². The maximum Gasteiger partial charge on any atom is 0.228 e. The van der Waals surface area contributed by atoms with Gasteiger partial charge in [0.2, 0.25) is 11.8 Å². The van der Waals surface area contributed by atoms with Crippen molar-refractivity contribution in [1.29, 1.82) is 0 Å². The van der Waals surface area contributed by atoms with Crippen molar-refractivity contribution in [2.24, 2.45) is 11.3 Å². The first-order valence-corrected chi connectivity index (χ1v) is 6.91. The molecule has 1 aliphatic heterocycles. The molecule has 1 aliphatic rings. The Morgan fingerprint density at radius 2 is 1.80 bits per heavy atom. The largest absolute Gasteiger partial charge is 0.351 e. The van der Waals surface area contributed by atoms with Crippen LogP contribution >= 0.6 is 0 Å². The van der Waals surface area contributed by atoms with E-state index < -0.39 is 5.54 Å². The molecule has 2 rings (SSSR count). The fraction of sp³-hybridized carbons (Fsp3) is 0.500. The number of para-hydroxylation sites is 1. The molecular weight excluding hydrogens is 252 g/mol. The number of benzene rings is 1. The molecule has 0 aromatic heterocycles. The predicted octanol–water partition coefficient (Wildman–Crippen LogP) is 2.57. The van der Waals surface area contributed by atoms with E-state index >= 15 is 0 Å². The minimum atomic E-state index is -0.416. The Labute approximate surface area is 119 Å². The van der Waals surface area contributed by atoms with Crippen LogP contribution in [0.4, 0.5) is 5.69 Å². The third kappa shape index (κ3) is 2.55. The molecule has 1 unspecified atom stereocenters. The van der Waals surface area contributed by atoms with E-state index in [1.54, 1.807) is 0 Å². The molecule has 0 aliphatic carbocycles. The molecule has 2 N–H and O–H groups in total. The van der Waals surface area contributed by atoms with E-state index in [0.29, 0.717) is 0 Å². The van der Waals surface area contributed by atoms with Crippen LogP contribution in [0.5, 0.6) is 0 Å². The molecule has 0 radical (unpaired) electrons. The van der Waals surface area contributed by atoms with E-state index in [2.05, 4.69) is 10.6 Å². The summed E-state index contributed by atoms with van der Waals surface area (Å²) in [4.78, 5) is 24.4. The number of nitrogens with one attached hydrogen (secondary N) is 2. The maximum absolute atomic E-state index is 12.5. The van der Waals surface area contributed by atoms with E-state index in [0.717, 1.165) is 5.69 Å². The van der Waals surface area contributed by atoms with Crippen LogP contribution in [0.15, 0.2) is 30.3 Å². The minimum absolute atomic E-state index is 0.0671. The van der Waals surface area contributed by atoms with Gasteiger partial charge in [0, 0.05) is 17.6 Å². The molecule has 1 aromatic carbocycles. The van der Waals surface area contributed by atoms with Gasteiger partial charge < -0.3 is 10.6 Å². The van der Waals surface area contributed by atoms with Gasteiger partial charge in [-0.25, -0.2) is 0 Å². The van der Waals surface area contributed by atoms with Crippen molar-refractivity contribution in [2.75, 3.05) is 5.32 Å². The van der Waals surface area contributed by atoms with Gasteiger partial charge in [-0.15, -0.1) is 0 Å². The number of amides is 2. The molecule has 1 atom stereocenters. The first-order chi connectivity index (χ1) is 9.24. The molecule has 1 saturated heterocycles. The summed E-state index contributed by atoms with van der Waals surface area (Å²) in [5.74, 6) is -0.502. The molecule has 20 heavy (non-hydrogen) atoms. The summed E-state index contributed by atoms with van der Waals surface area (Å²) in [6.45, 7) is 7.99. The van der Waals surface area contributed by atoms with Gasteiger partial charge in [0.15, 0.2) is 0 Å². The molecule has 4 heteroatoms. The van der Waals surface area contributed by atoms with Crippen molar-refractivity contribution in [3.63, 3.8) is 0 Å². The zero-order chi connectivity index (χ0) is 15.0. The van der Waals surface area contributed by atoms with Crippen molar-refractivity contribution in [1.82, 2.24) is 5.32 Å². The van der Waals surface area contributed by atoms with Gasteiger partial charge in [-0.2, -0.15) is 0 Å². The smallest absolute Gasteiger partial charge is 0.228 e. The highest BCUT2D eigenvalue weighted by Crippen LogP contribution is 2.43. The number of hydrogen-bond donors (Lipinski definition) is 2. The fourth-order valence-electron chi connectivity index (χ4n) is 2.61. The summed E-state index contributed by atoms with van der Waals surface area (Å²) in [7, 11) is 0. The second-order valence-corrected chi connectivity index (χ2v) is 6.51. The first kappa shape index (κ1) is 14.6. The lowest BCUT2D eigenvalue weighted by Gasteiger charge is -2.50. The Bertz CT molecular complexity index is 521. The lowest BCUT2D eigenvalue weighted by atomic mass is 9.62. The molecule has 1 heterocycles. The van der Waals surface area contributed by atoms with Gasteiger partial charge >= 0.3 is 0 Å². The Morgan fingerprint density at radius 3 is 2.40 bits per heavy atom. The number of carbonyl (C=O) groups excluding carboxylic acids is 2. The van der Waals surface area contributed by atoms with E-state index in [-0.39, 0.29) is 29.6 Å². The van der Waals surface area contributed by atoms with Crippen molar-refractivity contribution in [3.05, 3.63) is 30.3 Å². The number of carbonyl (C=O) groups is 2. The average molecular weight is 274 g/mol. The number of piperidine rings is 1. The predicted molar refractivity (Wildman–Crippen MR) is 79.2 cm³/mol. The highest BCUT2D eigenvalue weighted by Gasteiger charge is 2.51. The topological polar surface area (TPSA) is 58.2 Å². The van der Waals surface area contributed by atoms with E-state index in [1.807, 2.05) is 58.0 Å². The lowest BCUT2D eigenvalue weighted by Crippen LogP contribution is -2.63. The number of anilines is 1. The molecule has 1 fully saturated rings. The fourth-order valence-corrected chi connectivity index (χ4v) is 2.61. The Kier molecular flexibility index (Phi) is 3.59. The highest BCUT2D eigenvalue weighted by atomic mass is 16.2. The minimum Gasteiger partial charge on any atom is -0.351 e. The van der Waals surface area contributed by atoms with Gasteiger partial charge in [-0.1, -0.05) is 32.0 Å². The van der Waals surface area contributed by atoms with Crippen molar-refractivity contribution in [3.8, 4) is 0 Å². The van der Waals surface area contributed by atoms with Crippen LogP contribution in [-0.4, -0.2) is 17.4 Å². The summed E-state index contributed by atoms with van der Waals surface area (Å²) >= 11 is 0. The third-order valence-corrected chi connectivity index (χ3v) is 4.68. The maximum atomic E-state index is 12.5. The van der Waals surface area contributed by atoms with Crippen LogP contribution in [0, 0.1) is 11.3 Å². The second-order valence-electron chi connectivity index (χ2n) is 6.51. The average Bonchev–Trinajstić information content (AvgIpc) is 2.34. The van der Waals surface area contributed by atoms with E-state index in [9.17, 15) is 9.59 Å². The van der Waals surface area contributed by atoms with Crippen LogP contribution < -0.4 is 10.6 Å². The van der Waals surface area contributed by atoms with Crippen LogP contribution in [0.25, 0.3) is 0 Å². The van der Waals surface area contributed by atoms with E-state index in [1.165, 1.54) is 0 Å². The molecule has 108 valence electrons. The molecule has 1 aromatic rings.